The molecule has 268 valence electrons. The minimum Gasteiger partial charge on any atom is -0.352 e. The van der Waals surface area contributed by atoms with Gasteiger partial charge in [0.15, 0.2) is 0 Å². The molecule has 4 amide bonds. The maximum atomic E-state index is 12.7. The summed E-state index contributed by atoms with van der Waals surface area (Å²) >= 11 is 0. The highest BCUT2D eigenvalue weighted by Crippen LogP contribution is 2.28. The fraction of sp³-hybridized carbons (Fsp3) is 0.227. The molecule has 0 aromatic heterocycles. The molecular weight excluding hydrogens is 649 g/mol. The van der Waals surface area contributed by atoms with Gasteiger partial charge in [-0.3, -0.25) is 19.2 Å². The Morgan fingerprint density at radius 1 is 0.500 bits per heavy atom. The SMILES string of the molecule is O=C(CCCCC(=O)NCc1ccccc1)NCc1ccccc1.O=C1c2ccccc2CN1Cc1ccccc1CN1Cc2ccccc2C1=O.[HH].[HH]. The fourth-order valence-corrected chi connectivity index (χ4v) is 6.50. The van der Waals surface area contributed by atoms with Crippen molar-refractivity contribution in [2.45, 2.75) is 65.0 Å². The lowest BCUT2D eigenvalue weighted by atomic mass is 10.1. The number of unbranched alkanes of at least 4 members (excludes halogenated alkanes) is 1. The molecule has 0 bridgehead atoms. The molecule has 0 radical (unpaired) electrons. The minimum atomic E-state index is 0. The number of amides is 4. The fourth-order valence-electron chi connectivity index (χ4n) is 6.50. The van der Waals surface area contributed by atoms with Crippen molar-refractivity contribution in [1.29, 1.82) is 0 Å². The zero-order chi connectivity index (χ0) is 36.1. The van der Waals surface area contributed by atoms with Crippen LogP contribution in [0.15, 0.2) is 133 Å². The van der Waals surface area contributed by atoms with E-state index in [1.54, 1.807) is 0 Å². The lowest BCUT2D eigenvalue weighted by Gasteiger charge is -2.21. The van der Waals surface area contributed by atoms with Crippen LogP contribution >= 0.6 is 0 Å². The highest BCUT2D eigenvalue weighted by molar-refractivity contribution is 5.99. The first kappa shape index (κ1) is 35.8. The van der Waals surface area contributed by atoms with Gasteiger partial charge in [0.05, 0.1) is 0 Å². The monoisotopic (exact) mass is 696 g/mol. The first-order valence-corrected chi connectivity index (χ1v) is 17.9. The lowest BCUT2D eigenvalue weighted by molar-refractivity contribution is -0.123. The van der Waals surface area contributed by atoms with Crippen LogP contribution in [-0.2, 0) is 48.9 Å². The molecule has 0 unspecified atom stereocenters. The van der Waals surface area contributed by atoms with Crippen LogP contribution in [-0.4, -0.2) is 33.4 Å². The van der Waals surface area contributed by atoms with Gasteiger partial charge in [-0.05, 0) is 58.4 Å². The predicted octanol–water partition coefficient (Wildman–Crippen LogP) is 7.67. The van der Waals surface area contributed by atoms with Crippen LogP contribution in [0.2, 0.25) is 0 Å². The second-order valence-electron chi connectivity index (χ2n) is 13.1. The smallest absolute Gasteiger partial charge is 0.254 e. The molecule has 7 rings (SSSR count). The van der Waals surface area contributed by atoms with Crippen molar-refractivity contribution < 1.29 is 22.0 Å². The summed E-state index contributed by atoms with van der Waals surface area (Å²) in [6.45, 7) is 3.49. The largest absolute Gasteiger partial charge is 0.352 e. The second kappa shape index (κ2) is 17.8. The number of benzene rings is 5. The molecule has 5 aromatic rings. The molecule has 2 heterocycles. The maximum Gasteiger partial charge on any atom is 0.254 e. The lowest BCUT2D eigenvalue weighted by Crippen LogP contribution is -2.26. The molecular formula is C44H48N4O4. The average Bonchev–Trinajstić information content (AvgIpc) is 3.68. The van der Waals surface area contributed by atoms with E-state index < -0.39 is 0 Å². The van der Waals surface area contributed by atoms with E-state index in [1.165, 1.54) is 0 Å². The molecule has 2 N–H and O–H groups in total. The van der Waals surface area contributed by atoms with Crippen molar-refractivity contribution in [2.75, 3.05) is 0 Å². The van der Waals surface area contributed by atoms with Gasteiger partial charge in [0, 0.05) is 66.1 Å². The average molecular weight is 697 g/mol. The number of fused-ring (bicyclic) bond motifs is 2. The molecule has 8 heteroatoms. The Balaban J connectivity index is 0.000000235. The summed E-state index contributed by atoms with van der Waals surface area (Å²) in [5.41, 5.74) is 8.11. The van der Waals surface area contributed by atoms with Crippen molar-refractivity contribution in [3.05, 3.63) is 178 Å². The van der Waals surface area contributed by atoms with Crippen LogP contribution in [0.25, 0.3) is 0 Å². The first-order chi connectivity index (χ1) is 25.4. The van der Waals surface area contributed by atoms with Crippen molar-refractivity contribution in [3.63, 3.8) is 0 Å². The van der Waals surface area contributed by atoms with Crippen LogP contribution in [0.5, 0.6) is 0 Å². The molecule has 2 aliphatic rings. The van der Waals surface area contributed by atoms with Gasteiger partial charge in [0.1, 0.15) is 0 Å². The number of nitrogens with one attached hydrogen (secondary N) is 2. The van der Waals surface area contributed by atoms with Crippen molar-refractivity contribution in [1.82, 2.24) is 20.4 Å². The summed E-state index contributed by atoms with van der Waals surface area (Å²) in [6, 6.07) is 43.3. The molecule has 0 saturated heterocycles. The number of carbonyl (C=O) groups excluding carboxylic acids is 4. The Labute approximate surface area is 308 Å². The Bertz CT molecular complexity index is 1860. The van der Waals surface area contributed by atoms with Crippen molar-refractivity contribution >= 4 is 23.6 Å². The van der Waals surface area contributed by atoms with Crippen LogP contribution in [0.3, 0.4) is 0 Å². The van der Waals surface area contributed by atoms with E-state index in [1.807, 2.05) is 131 Å². The van der Waals surface area contributed by atoms with Gasteiger partial charge in [0.25, 0.3) is 11.8 Å². The van der Waals surface area contributed by atoms with E-state index in [4.69, 9.17) is 0 Å². The van der Waals surface area contributed by atoms with E-state index in [2.05, 4.69) is 22.8 Å². The summed E-state index contributed by atoms with van der Waals surface area (Å²) in [5.74, 6) is 0.220. The third kappa shape index (κ3) is 9.60. The molecule has 0 saturated carbocycles. The summed E-state index contributed by atoms with van der Waals surface area (Å²) in [7, 11) is 0. The third-order valence-electron chi connectivity index (χ3n) is 9.36. The van der Waals surface area contributed by atoms with Crippen LogP contribution in [0, 0.1) is 0 Å². The van der Waals surface area contributed by atoms with Gasteiger partial charge in [-0.2, -0.15) is 0 Å². The van der Waals surface area contributed by atoms with Gasteiger partial charge >= 0.3 is 0 Å². The first-order valence-electron chi connectivity index (χ1n) is 17.9. The normalized spacial score (nSPS) is 12.8. The predicted molar refractivity (Wildman–Crippen MR) is 206 cm³/mol. The van der Waals surface area contributed by atoms with Gasteiger partial charge in [-0.25, -0.2) is 0 Å². The van der Waals surface area contributed by atoms with E-state index in [0.717, 1.165) is 57.3 Å². The Kier molecular flexibility index (Phi) is 12.2. The summed E-state index contributed by atoms with van der Waals surface area (Å²) in [5, 5.41) is 5.79. The molecule has 5 aromatic carbocycles. The summed E-state index contributed by atoms with van der Waals surface area (Å²) in [6.07, 6.45) is 2.36. The van der Waals surface area contributed by atoms with Gasteiger partial charge in [-0.15, -0.1) is 0 Å². The van der Waals surface area contributed by atoms with Crippen molar-refractivity contribution in [3.8, 4) is 0 Å². The van der Waals surface area contributed by atoms with Crippen LogP contribution in [0.4, 0.5) is 0 Å². The van der Waals surface area contributed by atoms with E-state index >= 15 is 0 Å². The molecule has 0 atom stereocenters. The zero-order valence-corrected chi connectivity index (χ0v) is 29.3. The quantitative estimate of drug-likeness (QED) is 0.124. The van der Waals surface area contributed by atoms with Crippen LogP contribution in [0.1, 0.15) is 82.6 Å². The third-order valence-corrected chi connectivity index (χ3v) is 9.36. The highest BCUT2D eigenvalue weighted by atomic mass is 16.2. The molecule has 2 aliphatic heterocycles. The zero-order valence-electron chi connectivity index (χ0n) is 29.3. The number of nitrogens with zero attached hydrogens (tertiary/aromatic N) is 2. The molecule has 8 nitrogen and oxygen atoms in total. The van der Waals surface area contributed by atoms with Gasteiger partial charge < -0.3 is 20.4 Å². The number of hydrogen-bond donors (Lipinski definition) is 2. The van der Waals surface area contributed by atoms with Gasteiger partial charge in [0.2, 0.25) is 11.8 Å². The molecule has 0 aliphatic carbocycles. The second-order valence-corrected chi connectivity index (χ2v) is 13.1. The Morgan fingerprint density at radius 2 is 0.865 bits per heavy atom. The summed E-state index contributed by atoms with van der Waals surface area (Å²) in [4.78, 5) is 52.7. The number of rotatable bonds is 13. The number of carbonyl (C=O) groups is 4. The van der Waals surface area contributed by atoms with Crippen LogP contribution < -0.4 is 10.6 Å². The van der Waals surface area contributed by atoms with Gasteiger partial charge in [-0.1, -0.05) is 121 Å². The highest BCUT2D eigenvalue weighted by Gasteiger charge is 2.29. The van der Waals surface area contributed by atoms with E-state index in [0.29, 0.717) is 52.1 Å². The molecule has 0 spiro atoms. The minimum absolute atomic E-state index is 0. The standard InChI is InChI=1S/C24H20N2O2.C20H24N2O2.2H2/c27-23-21-11-5-3-9-19(21)15-25(23)13-17-7-1-2-8-18(17)14-26-16-20-10-4-6-12-22(20)24(26)28;23-19(21-15-17-9-3-1-4-10-17)13-7-8-14-20(24)22-16-18-11-5-2-6-12-18;;/h1-12H,13-16H2;1-6,9-12H,7-8,13-16H2,(H,21,23)(H,22,24);2*1H. The van der Waals surface area contributed by atoms with E-state index in [9.17, 15) is 19.2 Å². The summed E-state index contributed by atoms with van der Waals surface area (Å²) < 4.78 is 0. The molecule has 52 heavy (non-hydrogen) atoms. The topological polar surface area (TPSA) is 98.8 Å². The maximum absolute atomic E-state index is 12.7. The van der Waals surface area contributed by atoms with Crippen molar-refractivity contribution in [2.24, 2.45) is 0 Å². The molecule has 0 fully saturated rings. The Morgan fingerprint density at radius 3 is 1.27 bits per heavy atom. The Hall–Kier alpha value is -6.02. The number of hydrogen-bond acceptors (Lipinski definition) is 4. The van der Waals surface area contributed by atoms with E-state index in [-0.39, 0.29) is 26.5 Å².